The lowest BCUT2D eigenvalue weighted by Gasteiger charge is -2.30. The van der Waals surface area contributed by atoms with E-state index < -0.39 is 0 Å². The summed E-state index contributed by atoms with van der Waals surface area (Å²) in [5.41, 5.74) is 9.74. The largest absolute Gasteiger partial charge is 0.298 e. The molecule has 144 valence electrons. The normalized spacial score (nSPS) is 16.3. The van der Waals surface area contributed by atoms with Crippen molar-refractivity contribution in [1.29, 1.82) is 0 Å². The molecule has 5 rings (SSSR count). The Morgan fingerprint density at radius 1 is 0.690 bits per heavy atom. The van der Waals surface area contributed by atoms with Crippen LogP contribution in [0.1, 0.15) is 40.7 Å². The van der Waals surface area contributed by atoms with Crippen LogP contribution in [0.15, 0.2) is 78.4 Å². The zero-order valence-corrected chi connectivity index (χ0v) is 17.2. The fraction of sp³-hybridized carbons (Fsp3) is 0.185. The zero-order valence-electron chi connectivity index (χ0n) is 16.4. The van der Waals surface area contributed by atoms with E-state index in [0.29, 0.717) is 0 Å². The van der Waals surface area contributed by atoms with Crippen LogP contribution in [-0.4, -0.2) is 18.0 Å². The van der Waals surface area contributed by atoms with E-state index in [9.17, 15) is 0 Å². The molecule has 1 saturated heterocycles. The minimum absolute atomic E-state index is 0.804. The zero-order chi connectivity index (χ0) is 19.6. The molecule has 0 spiro atoms. The Morgan fingerprint density at radius 2 is 1.24 bits per heavy atom. The van der Waals surface area contributed by atoms with Gasteiger partial charge in [0.05, 0.1) is 0 Å². The van der Waals surface area contributed by atoms with Gasteiger partial charge in [-0.2, -0.15) is 0 Å². The molecule has 0 amide bonds. The van der Waals surface area contributed by atoms with Crippen molar-refractivity contribution < 1.29 is 0 Å². The van der Waals surface area contributed by atoms with Crippen LogP contribution in [0.3, 0.4) is 0 Å². The standard InChI is InChI=1S/C27H24ClN/c28-24-13-9-20(10-14-24)19-29-17-15-23(16-18-29)27-25-7-3-1-5-21(25)11-12-22-6-2-4-8-26(22)27/h1-14H,15-19H2. The molecule has 0 atom stereocenters. The molecule has 1 heterocycles. The molecule has 0 bridgehead atoms. The Labute approximate surface area is 178 Å². The third-order valence-electron chi connectivity index (χ3n) is 6.04. The minimum Gasteiger partial charge on any atom is -0.298 e. The van der Waals surface area contributed by atoms with Gasteiger partial charge < -0.3 is 0 Å². The van der Waals surface area contributed by atoms with Gasteiger partial charge in [-0.25, -0.2) is 0 Å². The van der Waals surface area contributed by atoms with Crippen molar-refractivity contribution in [2.45, 2.75) is 19.4 Å². The topological polar surface area (TPSA) is 3.24 Å². The van der Waals surface area contributed by atoms with Gasteiger partial charge in [0.15, 0.2) is 0 Å². The fourth-order valence-corrected chi connectivity index (χ4v) is 4.65. The van der Waals surface area contributed by atoms with Crippen LogP contribution in [-0.2, 0) is 6.54 Å². The smallest absolute Gasteiger partial charge is 0.0406 e. The number of rotatable bonds is 2. The predicted molar refractivity (Wildman–Crippen MR) is 124 cm³/mol. The highest BCUT2D eigenvalue weighted by atomic mass is 35.5. The van der Waals surface area contributed by atoms with Crippen LogP contribution in [0, 0.1) is 0 Å². The Hall–Kier alpha value is -2.61. The molecule has 0 unspecified atom stereocenters. The van der Waals surface area contributed by atoms with Gasteiger partial charge in [0.1, 0.15) is 0 Å². The van der Waals surface area contributed by atoms with Gasteiger partial charge >= 0.3 is 0 Å². The quantitative estimate of drug-likeness (QED) is 0.354. The highest BCUT2D eigenvalue weighted by Crippen LogP contribution is 2.38. The molecule has 0 N–H and O–H groups in total. The molecule has 2 heteroatoms. The summed E-state index contributed by atoms with van der Waals surface area (Å²) < 4.78 is 0. The van der Waals surface area contributed by atoms with Gasteiger partial charge in [-0.15, -0.1) is 0 Å². The maximum Gasteiger partial charge on any atom is 0.0406 e. The SMILES string of the molecule is Clc1ccc(CN2CCC(=C3c4ccccc4C=Cc4ccccc43)CC2)cc1. The molecule has 0 aromatic heterocycles. The first kappa shape index (κ1) is 18.4. The first-order valence-electron chi connectivity index (χ1n) is 10.3. The molecule has 0 radical (unpaired) electrons. The molecule has 3 aromatic carbocycles. The van der Waals surface area contributed by atoms with E-state index in [4.69, 9.17) is 11.6 Å². The van der Waals surface area contributed by atoms with Gasteiger partial charge in [0.25, 0.3) is 0 Å². The number of hydrogen-bond acceptors (Lipinski definition) is 1. The maximum absolute atomic E-state index is 6.03. The molecule has 29 heavy (non-hydrogen) atoms. The monoisotopic (exact) mass is 397 g/mol. The van der Waals surface area contributed by atoms with Crippen LogP contribution in [0.2, 0.25) is 5.02 Å². The number of nitrogens with zero attached hydrogens (tertiary/aromatic N) is 1. The summed E-state index contributed by atoms with van der Waals surface area (Å²) >= 11 is 6.03. The van der Waals surface area contributed by atoms with E-state index in [-0.39, 0.29) is 0 Å². The van der Waals surface area contributed by atoms with Gasteiger partial charge in [-0.3, -0.25) is 4.90 Å². The maximum atomic E-state index is 6.03. The van der Waals surface area contributed by atoms with E-state index in [1.54, 1.807) is 5.57 Å². The summed E-state index contributed by atoms with van der Waals surface area (Å²) in [6, 6.07) is 25.9. The lowest BCUT2D eigenvalue weighted by Crippen LogP contribution is -2.30. The first-order valence-corrected chi connectivity index (χ1v) is 10.7. The Morgan fingerprint density at radius 3 is 1.83 bits per heavy atom. The molecular formula is C27H24ClN. The van der Waals surface area contributed by atoms with E-state index in [1.807, 2.05) is 12.1 Å². The van der Waals surface area contributed by atoms with E-state index in [0.717, 1.165) is 37.5 Å². The van der Waals surface area contributed by atoms with Crippen LogP contribution >= 0.6 is 11.6 Å². The molecule has 0 saturated carbocycles. The average molecular weight is 398 g/mol. The average Bonchev–Trinajstić information content (AvgIpc) is 2.93. The van der Waals surface area contributed by atoms with Crippen molar-refractivity contribution in [3.05, 3.63) is 111 Å². The lowest BCUT2D eigenvalue weighted by atomic mass is 9.86. The summed E-state index contributed by atoms with van der Waals surface area (Å²) in [6.45, 7) is 3.19. The van der Waals surface area contributed by atoms with Crippen molar-refractivity contribution in [2.24, 2.45) is 0 Å². The van der Waals surface area contributed by atoms with Gasteiger partial charge in [0.2, 0.25) is 0 Å². The van der Waals surface area contributed by atoms with E-state index in [2.05, 4.69) is 77.7 Å². The summed E-state index contributed by atoms with van der Waals surface area (Å²) in [4.78, 5) is 2.56. The summed E-state index contributed by atoms with van der Waals surface area (Å²) in [5.74, 6) is 0. The molecule has 1 fully saturated rings. The number of hydrogen-bond donors (Lipinski definition) is 0. The highest BCUT2D eigenvalue weighted by molar-refractivity contribution is 6.30. The van der Waals surface area contributed by atoms with Crippen molar-refractivity contribution in [3.63, 3.8) is 0 Å². The number of piperidine rings is 1. The van der Waals surface area contributed by atoms with Crippen LogP contribution in [0.4, 0.5) is 0 Å². The van der Waals surface area contributed by atoms with Crippen LogP contribution in [0.5, 0.6) is 0 Å². The second-order valence-electron chi connectivity index (χ2n) is 7.89. The van der Waals surface area contributed by atoms with Crippen molar-refractivity contribution in [3.8, 4) is 0 Å². The van der Waals surface area contributed by atoms with E-state index >= 15 is 0 Å². The summed E-state index contributed by atoms with van der Waals surface area (Å²) in [6.07, 6.45) is 6.76. The minimum atomic E-state index is 0.804. The molecule has 1 nitrogen and oxygen atoms in total. The van der Waals surface area contributed by atoms with Crippen LogP contribution < -0.4 is 0 Å². The highest BCUT2D eigenvalue weighted by Gasteiger charge is 2.22. The van der Waals surface area contributed by atoms with Crippen molar-refractivity contribution in [1.82, 2.24) is 4.90 Å². The molecule has 1 aliphatic carbocycles. The fourth-order valence-electron chi connectivity index (χ4n) is 4.52. The van der Waals surface area contributed by atoms with Gasteiger partial charge in [-0.05, 0) is 58.4 Å². The number of halogens is 1. The van der Waals surface area contributed by atoms with Gasteiger partial charge in [0, 0.05) is 24.7 Å². The van der Waals surface area contributed by atoms with Crippen molar-refractivity contribution >= 4 is 29.3 Å². The third kappa shape index (κ3) is 3.81. The van der Waals surface area contributed by atoms with Gasteiger partial charge in [-0.1, -0.05) is 90.0 Å². The summed E-state index contributed by atoms with van der Waals surface area (Å²) in [7, 11) is 0. The number of benzene rings is 3. The lowest BCUT2D eigenvalue weighted by molar-refractivity contribution is 0.248. The Kier molecular flexibility index (Phi) is 5.10. The third-order valence-corrected chi connectivity index (χ3v) is 6.29. The molecule has 3 aromatic rings. The second-order valence-corrected chi connectivity index (χ2v) is 8.33. The Bertz CT molecular complexity index is 1030. The molecular weight excluding hydrogens is 374 g/mol. The molecule has 2 aliphatic rings. The van der Waals surface area contributed by atoms with E-state index in [1.165, 1.54) is 33.4 Å². The van der Waals surface area contributed by atoms with Crippen LogP contribution in [0.25, 0.3) is 17.7 Å². The van der Waals surface area contributed by atoms with Crippen molar-refractivity contribution in [2.75, 3.05) is 13.1 Å². The second kappa shape index (κ2) is 8.02. The predicted octanol–water partition coefficient (Wildman–Crippen LogP) is 6.92. The number of fused-ring (bicyclic) bond motifs is 2. The summed E-state index contributed by atoms with van der Waals surface area (Å²) in [5, 5.41) is 0.804. The molecule has 1 aliphatic heterocycles. The number of likely N-dealkylation sites (tertiary alicyclic amines) is 1. The first-order chi connectivity index (χ1) is 14.3. The Balaban J connectivity index is 1.46.